The SMILES string of the molecule is CC(=N)C(C)C(=O)C(c1ccc(C(C)(C)C)cc1)C(C)(C)c1cccc(-c2cccc(C#[NH+])c2)c1. The first-order valence-electron chi connectivity index (χ1n) is 12.2. The molecule has 0 radical (unpaired) electrons. The zero-order valence-corrected chi connectivity index (χ0v) is 22.0. The van der Waals surface area contributed by atoms with Crippen LogP contribution in [0.2, 0.25) is 0 Å². The molecule has 3 heteroatoms. The van der Waals surface area contributed by atoms with E-state index < -0.39 is 17.3 Å². The molecule has 180 valence electrons. The van der Waals surface area contributed by atoms with Gasteiger partial charge in [0.15, 0.2) is 0 Å². The molecule has 35 heavy (non-hydrogen) atoms. The van der Waals surface area contributed by atoms with Crippen molar-refractivity contribution >= 4 is 11.5 Å². The molecule has 0 fully saturated rings. The van der Waals surface area contributed by atoms with Crippen molar-refractivity contribution in [3.05, 3.63) is 95.1 Å². The third-order valence-electron chi connectivity index (χ3n) is 7.14. The quantitative estimate of drug-likeness (QED) is 0.408. The van der Waals surface area contributed by atoms with Crippen molar-refractivity contribution in [2.45, 2.75) is 65.2 Å². The summed E-state index contributed by atoms with van der Waals surface area (Å²) < 4.78 is 0. The first-order valence-corrected chi connectivity index (χ1v) is 12.2. The van der Waals surface area contributed by atoms with Gasteiger partial charge in [-0.3, -0.25) is 4.79 Å². The van der Waals surface area contributed by atoms with E-state index in [9.17, 15) is 4.79 Å². The molecule has 0 bridgehead atoms. The van der Waals surface area contributed by atoms with Crippen LogP contribution in [0.5, 0.6) is 0 Å². The number of hydrogen-bond donors (Lipinski definition) is 2. The lowest BCUT2D eigenvalue weighted by molar-refractivity contribution is -0.123. The lowest BCUT2D eigenvalue weighted by Gasteiger charge is -2.36. The predicted molar refractivity (Wildman–Crippen MR) is 144 cm³/mol. The van der Waals surface area contributed by atoms with E-state index in [1.165, 1.54) is 5.56 Å². The van der Waals surface area contributed by atoms with E-state index in [1.54, 1.807) is 6.92 Å². The van der Waals surface area contributed by atoms with Crippen molar-refractivity contribution in [2.75, 3.05) is 0 Å². The Morgan fingerprint density at radius 1 is 0.857 bits per heavy atom. The number of ketones is 1. The Kier molecular flexibility index (Phi) is 7.46. The second-order valence-electron chi connectivity index (χ2n) is 11.1. The summed E-state index contributed by atoms with van der Waals surface area (Å²) in [6, 6.07) is 27.0. The summed E-state index contributed by atoms with van der Waals surface area (Å²) in [5.41, 5.74) is 5.96. The normalized spacial score (nSPS) is 13.5. The molecule has 0 aliphatic carbocycles. The van der Waals surface area contributed by atoms with E-state index in [-0.39, 0.29) is 11.2 Å². The van der Waals surface area contributed by atoms with E-state index in [4.69, 9.17) is 10.7 Å². The zero-order valence-electron chi connectivity index (χ0n) is 22.0. The van der Waals surface area contributed by atoms with Crippen molar-refractivity contribution in [2.24, 2.45) is 5.92 Å². The topological polar surface area (TPSA) is 64.7 Å². The van der Waals surface area contributed by atoms with E-state index >= 15 is 0 Å². The molecular weight excluding hydrogens is 428 g/mol. The highest BCUT2D eigenvalue weighted by molar-refractivity contribution is 6.05. The fourth-order valence-electron chi connectivity index (χ4n) is 4.62. The second kappa shape index (κ2) is 10.0. The van der Waals surface area contributed by atoms with E-state index in [2.05, 4.69) is 83.2 Å². The van der Waals surface area contributed by atoms with Gasteiger partial charge in [-0.2, -0.15) is 0 Å². The Morgan fingerprint density at radius 2 is 1.43 bits per heavy atom. The summed E-state index contributed by atoms with van der Waals surface area (Å²) in [6.07, 6.45) is 0. The number of hydrogen-bond acceptors (Lipinski definition) is 2. The standard InChI is InChI=1S/C32H36N2O/c1-21(22(2)34)30(35)29(24-14-16-27(17-15-24)31(3,4)5)32(6,7)28-13-9-12-26(19-28)25-11-8-10-23(18-25)20-33/h8-19,21,29,34H,1-7H3/p+1. The van der Waals surface area contributed by atoms with Crippen LogP contribution >= 0.6 is 0 Å². The first kappa shape index (κ1) is 26.1. The van der Waals surface area contributed by atoms with Crippen LogP contribution in [0.15, 0.2) is 72.8 Å². The van der Waals surface area contributed by atoms with Gasteiger partial charge in [0.05, 0.1) is 11.8 Å². The summed E-state index contributed by atoms with van der Waals surface area (Å²) in [4.78, 5) is 13.9. The molecule has 0 heterocycles. The van der Waals surface area contributed by atoms with Crippen molar-refractivity contribution in [1.29, 1.82) is 5.41 Å². The molecule has 3 aromatic carbocycles. The number of rotatable bonds is 7. The Balaban J connectivity index is 2.13. The van der Waals surface area contributed by atoms with Crippen LogP contribution in [0.1, 0.15) is 76.6 Å². The smallest absolute Gasteiger partial charge is 0.308 e. The minimum absolute atomic E-state index is 0.0309. The maximum Gasteiger partial charge on any atom is 0.308 e. The maximum absolute atomic E-state index is 13.9. The molecule has 0 amide bonds. The van der Waals surface area contributed by atoms with Crippen LogP contribution in [0, 0.1) is 17.4 Å². The predicted octanol–water partition coefficient (Wildman–Crippen LogP) is 6.08. The van der Waals surface area contributed by atoms with E-state index in [0.717, 1.165) is 27.8 Å². The van der Waals surface area contributed by atoms with Gasteiger partial charge >= 0.3 is 6.07 Å². The summed E-state index contributed by atoms with van der Waals surface area (Å²) >= 11 is 0. The average Bonchev–Trinajstić information content (AvgIpc) is 2.83. The van der Waals surface area contributed by atoms with Crippen molar-refractivity contribution in [3.8, 4) is 17.2 Å². The molecule has 0 aliphatic heterocycles. The van der Waals surface area contributed by atoms with Crippen molar-refractivity contribution in [1.82, 2.24) is 0 Å². The third kappa shape index (κ3) is 5.60. The highest BCUT2D eigenvalue weighted by Gasteiger charge is 2.40. The lowest BCUT2D eigenvalue weighted by atomic mass is 9.66. The van der Waals surface area contributed by atoms with Gasteiger partial charge in [0, 0.05) is 11.1 Å². The molecule has 0 aliphatic rings. The number of carbonyl (C=O) groups is 1. The largest absolute Gasteiger partial charge is 0.309 e. The van der Waals surface area contributed by atoms with E-state index in [0.29, 0.717) is 5.71 Å². The third-order valence-corrected chi connectivity index (χ3v) is 7.14. The molecule has 2 unspecified atom stereocenters. The van der Waals surface area contributed by atoms with Gasteiger partial charge in [-0.15, -0.1) is 0 Å². The van der Waals surface area contributed by atoms with Gasteiger partial charge in [0.2, 0.25) is 0 Å². The Morgan fingerprint density at radius 3 is 1.97 bits per heavy atom. The first-order chi connectivity index (χ1) is 16.4. The van der Waals surface area contributed by atoms with Crippen LogP contribution in [0.4, 0.5) is 0 Å². The van der Waals surface area contributed by atoms with Crippen LogP contribution in [0.25, 0.3) is 11.1 Å². The van der Waals surface area contributed by atoms with Gasteiger partial charge in [-0.1, -0.05) is 107 Å². The van der Waals surface area contributed by atoms with Crippen LogP contribution < -0.4 is 5.26 Å². The summed E-state index contributed by atoms with van der Waals surface area (Å²) in [7, 11) is 0. The van der Waals surface area contributed by atoms with Gasteiger partial charge in [0.1, 0.15) is 11.3 Å². The fraction of sp³-hybridized carbons (Fsp3) is 0.344. The highest BCUT2D eigenvalue weighted by atomic mass is 16.1. The van der Waals surface area contributed by atoms with Gasteiger partial charge in [-0.05, 0) is 52.3 Å². The molecule has 0 saturated heterocycles. The fourth-order valence-corrected chi connectivity index (χ4v) is 4.62. The molecule has 3 rings (SSSR count). The van der Waals surface area contributed by atoms with Gasteiger partial charge < -0.3 is 5.41 Å². The van der Waals surface area contributed by atoms with Gasteiger partial charge in [0.25, 0.3) is 0 Å². The highest BCUT2D eigenvalue weighted by Crippen LogP contribution is 2.42. The number of nitrogens with one attached hydrogen (secondary N) is 2. The van der Waals surface area contributed by atoms with E-state index in [1.807, 2.05) is 37.3 Å². The molecule has 3 nitrogen and oxygen atoms in total. The average molecular weight is 466 g/mol. The molecule has 0 saturated carbocycles. The summed E-state index contributed by atoms with van der Waals surface area (Å²) in [6.45, 7) is 14.4. The molecule has 0 aromatic heterocycles. The minimum Gasteiger partial charge on any atom is -0.309 e. The Labute approximate surface area is 210 Å². The number of benzene rings is 3. The molecule has 2 N–H and O–H groups in total. The van der Waals surface area contributed by atoms with Crippen LogP contribution in [0.3, 0.4) is 0 Å². The van der Waals surface area contributed by atoms with Crippen molar-refractivity contribution < 1.29 is 10.1 Å². The van der Waals surface area contributed by atoms with Crippen LogP contribution in [-0.4, -0.2) is 11.5 Å². The lowest BCUT2D eigenvalue weighted by Crippen LogP contribution is -2.37. The monoisotopic (exact) mass is 465 g/mol. The molecular formula is C32H37N2O+. The molecule has 3 aromatic rings. The van der Waals surface area contributed by atoms with Crippen molar-refractivity contribution in [3.63, 3.8) is 0 Å². The molecule has 2 atom stereocenters. The summed E-state index contributed by atoms with van der Waals surface area (Å²) in [5, 5.41) is 15.6. The Bertz CT molecular complexity index is 1270. The zero-order chi connectivity index (χ0) is 26.0. The Hall–Kier alpha value is -3.51. The maximum atomic E-state index is 13.9. The van der Waals surface area contributed by atoms with Crippen LogP contribution in [-0.2, 0) is 15.6 Å². The summed E-state index contributed by atoms with van der Waals surface area (Å²) in [5.74, 6) is -0.787. The second-order valence-corrected chi connectivity index (χ2v) is 11.1. The van der Waals surface area contributed by atoms with Gasteiger partial charge in [-0.25, -0.2) is 0 Å². The minimum atomic E-state index is -0.509. The molecule has 0 spiro atoms. The number of carbonyl (C=O) groups excluding carboxylic acids is 1. The number of Topliss-reactive ketones (excluding diaryl/α,β-unsaturated/α-hetero) is 1.